The van der Waals surface area contributed by atoms with Crippen molar-refractivity contribution < 1.29 is 4.79 Å². The number of H-pyrrole nitrogens is 1. The minimum Gasteiger partial charge on any atom is -0.361 e. The number of amides is 1. The molecule has 8 heteroatoms. The molecule has 140 valence electrons. The number of nitrogens with one attached hydrogen (secondary N) is 2. The molecule has 2 N–H and O–H groups in total. The summed E-state index contributed by atoms with van der Waals surface area (Å²) in [5.41, 5.74) is 5.82. The molecule has 0 unspecified atom stereocenters. The van der Waals surface area contributed by atoms with Gasteiger partial charge in [0.25, 0.3) is 5.91 Å². The van der Waals surface area contributed by atoms with E-state index < -0.39 is 0 Å². The first-order valence-corrected chi connectivity index (χ1v) is 10.1. The predicted octanol–water partition coefficient (Wildman–Crippen LogP) is 4.70. The van der Waals surface area contributed by atoms with Gasteiger partial charge in [-0.3, -0.25) is 9.48 Å². The summed E-state index contributed by atoms with van der Waals surface area (Å²) in [6.07, 6.45) is 5.24. The summed E-state index contributed by atoms with van der Waals surface area (Å²) in [5.74, 6) is -0.377. The van der Waals surface area contributed by atoms with E-state index in [1.807, 2.05) is 54.7 Å². The van der Waals surface area contributed by atoms with Crippen molar-refractivity contribution in [3.63, 3.8) is 0 Å². The highest BCUT2D eigenvalue weighted by atomic mass is 79.9. The second kappa shape index (κ2) is 8.12. The van der Waals surface area contributed by atoms with Gasteiger partial charge < -0.3 is 4.98 Å². The van der Waals surface area contributed by atoms with Gasteiger partial charge in [-0.25, -0.2) is 5.43 Å². The van der Waals surface area contributed by atoms with Crippen LogP contribution in [0.3, 0.4) is 0 Å². The highest BCUT2D eigenvalue weighted by molar-refractivity contribution is 9.10. The Morgan fingerprint density at radius 1 is 1.18 bits per heavy atom. The van der Waals surface area contributed by atoms with E-state index in [0.29, 0.717) is 11.0 Å². The molecule has 0 bridgehead atoms. The summed E-state index contributed by atoms with van der Waals surface area (Å²) in [6.45, 7) is 0.567. The lowest BCUT2D eigenvalue weighted by molar-refractivity contribution is 0.0948. The van der Waals surface area contributed by atoms with Crippen LogP contribution in [-0.2, 0) is 6.54 Å². The molecule has 0 aliphatic carbocycles. The Morgan fingerprint density at radius 3 is 2.79 bits per heavy atom. The second-order valence-corrected chi connectivity index (χ2v) is 7.91. The van der Waals surface area contributed by atoms with Crippen molar-refractivity contribution in [2.24, 2.45) is 5.10 Å². The zero-order valence-corrected chi connectivity index (χ0v) is 17.7. The molecule has 2 heterocycles. The predicted molar refractivity (Wildman–Crippen MR) is 117 cm³/mol. The molecule has 0 spiro atoms. The van der Waals surface area contributed by atoms with Crippen molar-refractivity contribution in [3.8, 4) is 0 Å². The van der Waals surface area contributed by atoms with Crippen LogP contribution in [0.25, 0.3) is 10.9 Å². The lowest BCUT2D eigenvalue weighted by Gasteiger charge is -2.02. The number of halogens is 2. The number of benzene rings is 2. The number of para-hydroxylation sites is 1. The topological polar surface area (TPSA) is 75.1 Å². The van der Waals surface area contributed by atoms with Gasteiger partial charge in [-0.05, 0) is 39.7 Å². The van der Waals surface area contributed by atoms with E-state index in [4.69, 9.17) is 0 Å². The summed E-state index contributed by atoms with van der Waals surface area (Å²) in [7, 11) is 0. The maximum Gasteiger partial charge on any atom is 0.293 e. The van der Waals surface area contributed by atoms with E-state index >= 15 is 0 Å². The summed E-state index contributed by atoms with van der Waals surface area (Å²) >= 11 is 6.82. The van der Waals surface area contributed by atoms with Crippen molar-refractivity contribution in [2.45, 2.75) is 6.54 Å². The Kier molecular flexibility index (Phi) is 5.40. The van der Waals surface area contributed by atoms with Crippen LogP contribution < -0.4 is 5.43 Å². The third-order valence-electron chi connectivity index (χ3n) is 4.18. The maximum atomic E-state index is 12.4. The molecule has 0 saturated carbocycles. The van der Waals surface area contributed by atoms with Crippen molar-refractivity contribution in [2.75, 3.05) is 0 Å². The summed E-state index contributed by atoms with van der Waals surface area (Å²) in [4.78, 5) is 15.6. The second-order valence-electron chi connectivity index (χ2n) is 6.14. The molecule has 0 aliphatic heterocycles. The van der Waals surface area contributed by atoms with Gasteiger partial charge in [-0.2, -0.15) is 10.2 Å². The fraction of sp³-hybridized carbons (Fsp3) is 0.0500. The molecule has 2 aromatic carbocycles. The molecule has 0 aliphatic rings. The first-order valence-electron chi connectivity index (χ1n) is 8.47. The molecule has 1 amide bonds. The van der Waals surface area contributed by atoms with E-state index in [9.17, 15) is 4.79 Å². The number of hydrazone groups is 1. The Bertz CT molecular complexity index is 1160. The van der Waals surface area contributed by atoms with Crippen LogP contribution in [-0.4, -0.2) is 26.9 Å². The Morgan fingerprint density at radius 2 is 1.96 bits per heavy atom. The lowest BCUT2D eigenvalue weighted by atomic mass is 10.2. The zero-order chi connectivity index (χ0) is 19.5. The highest BCUT2D eigenvalue weighted by Crippen LogP contribution is 2.18. The number of aromatic nitrogens is 3. The molecule has 2 aromatic heterocycles. The lowest BCUT2D eigenvalue weighted by Crippen LogP contribution is -2.19. The molecular weight excluding hydrogens is 486 g/mol. The third kappa shape index (κ3) is 4.07. The fourth-order valence-electron chi connectivity index (χ4n) is 2.82. The minimum absolute atomic E-state index is 0.285. The molecule has 28 heavy (non-hydrogen) atoms. The van der Waals surface area contributed by atoms with Gasteiger partial charge in [0.15, 0.2) is 5.69 Å². The summed E-state index contributed by atoms with van der Waals surface area (Å²) in [5, 5.41) is 9.47. The molecular formula is C20H15Br2N5O. The normalized spacial score (nSPS) is 11.4. The van der Waals surface area contributed by atoms with E-state index in [-0.39, 0.29) is 11.6 Å². The number of nitrogens with zero attached hydrogens (tertiary/aromatic N) is 3. The Hall–Kier alpha value is -2.71. The Balaban J connectivity index is 1.44. The van der Waals surface area contributed by atoms with Gasteiger partial charge in [0.2, 0.25) is 0 Å². The van der Waals surface area contributed by atoms with Gasteiger partial charge in [-0.1, -0.05) is 46.3 Å². The largest absolute Gasteiger partial charge is 0.361 e. The molecule has 4 aromatic rings. The van der Waals surface area contributed by atoms with Gasteiger partial charge in [0.05, 0.1) is 17.2 Å². The van der Waals surface area contributed by atoms with Crippen LogP contribution in [0.1, 0.15) is 21.6 Å². The van der Waals surface area contributed by atoms with Gasteiger partial charge in [0, 0.05) is 33.3 Å². The monoisotopic (exact) mass is 499 g/mol. The molecule has 4 rings (SSSR count). The quantitative estimate of drug-likeness (QED) is 0.308. The SMILES string of the molecule is O=C(NN=Cc1c[nH]c2ccccc12)c1nn(Cc2ccc(Br)cc2)cc1Br. The average Bonchev–Trinajstić information content (AvgIpc) is 3.27. The number of fused-ring (bicyclic) bond motifs is 1. The average molecular weight is 501 g/mol. The van der Waals surface area contributed by atoms with E-state index in [0.717, 1.165) is 26.5 Å². The van der Waals surface area contributed by atoms with Crippen LogP contribution >= 0.6 is 31.9 Å². The van der Waals surface area contributed by atoms with Crippen LogP contribution in [0.15, 0.2) is 75.0 Å². The number of aromatic amines is 1. The van der Waals surface area contributed by atoms with Crippen LogP contribution in [0, 0.1) is 0 Å². The molecule has 0 atom stereocenters. The van der Waals surface area contributed by atoms with E-state index in [2.05, 4.69) is 52.5 Å². The van der Waals surface area contributed by atoms with Crippen molar-refractivity contribution in [1.29, 1.82) is 0 Å². The van der Waals surface area contributed by atoms with Gasteiger partial charge >= 0.3 is 0 Å². The number of carbonyl (C=O) groups excluding carboxylic acids is 1. The van der Waals surface area contributed by atoms with Crippen molar-refractivity contribution >= 4 is 54.9 Å². The minimum atomic E-state index is -0.377. The van der Waals surface area contributed by atoms with Gasteiger partial charge in [0.1, 0.15) is 0 Å². The summed E-state index contributed by atoms with van der Waals surface area (Å²) in [6, 6.07) is 15.9. The van der Waals surface area contributed by atoms with Crippen LogP contribution in [0.5, 0.6) is 0 Å². The highest BCUT2D eigenvalue weighted by Gasteiger charge is 2.15. The Labute approximate surface area is 177 Å². The zero-order valence-electron chi connectivity index (χ0n) is 14.6. The number of rotatable bonds is 5. The molecule has 6 nitrogen and oxygen atoms in total. The van der Waals surface area contributed by atoms with E-state index in [1.54, 1.807) is 17.1 Å². The fourth-order valence-corrected chi connectivity index (χ4v) is 3.58. The van der Waals surface area contributed by atoms with E-state index in [1.165, 1.54) is 0 Å². The van der Waals surface area contributed by atoms with Crippen molar-refractivity contribution in [3.05, 3.63) is 86.7 Å². The smallest absolute Gasteiger partial charge is 0.293 e. The standard InChI is InChI=1S/C20H15Br2N5O/c21-15-7-5-13(6-8-15)11-27-12-17(22)19(26-27)20(28)25-24-10-14-9-23-18-4-2-1-3-16(14)18/h1-10,12,23H,11H2,(H,25,28). The first kappa shape index (κ1) is 18.6. The first-order chi connectivity index (χ1) is 13.6. The number of hydrogen-bond acceptors (Lipinski definition) is 3. The molecule has 0 saturated heterocycles. The molecule has 0 radical (unpaired) electrons. The van der Waals surface area contributed by atoms with Crippen LogP contribution in [0.4, 0.5) is 0 Å². The third-order valence-corrected chi connectivity index (χ3v) is 5.29. The maximum absolute atomic E-state index is 12.4. The number of carbonyl (C=O) groups is 1. The van der Waals surface area contributed by atoms with Crippen molar-refractivity contribution in [1.82, 2.24) is 20.2 Å². The molecule has 0 fully saturated rings. The summed E-state index contributed by atoms with van der Waals surface area (Å²) < 4.78 is 3.35. The van der Waals surface area contributed by atoms with Crippen LogP contribution in [0.2, 0.25) is 0 Å². The van der Waals surface area contributed by atoms with Gasteiger partial charge in [-0.15, -0.1) is 0 Å². The number of hydrogen-bond donors (Lipinski definition) is 2.